The number of amides is 1. The van der Waals surface area contributed by atoms with E-state index >= 15 is 0 Å². The predicted molar refractivity (Wildman–Crippen MR) is 183 cm³/mol. The maximum Gasteiger partial charge on any atom is 0.410 e. The van der Waals surface area contributed by atoms with Gasteiger partial charge in [0.25, 0.3) is 0 Å². The van der Waals surface area contributed by atoms with Gasteiger partial charge in [0.1, 0.15) is 29.0 Å². The second-order valence-electron chi connectivity index (χ2n) is 13.7. The lowest BCUT2D eigenvalue weighted by molar-refractivity contribution is -0.0329. The molecule has 2 aliphatic heterocycles. The highest BCUT2D eigenvalue weighted by atomic mass is 32.2. The molecule has 0 saturated carbocycles. The van der Waals surface area contributed by atoms with E-state index in [1.54, 1.807) is 55.7 Å². The van der Waals surface area contributed by atoms with Crippen LogP contribution in [-0.2, 0) is 35.9 Å². The summed E-state index contributed by atoms with van der Waals surface area (Å²) in [6.45, 7) is 7.66. The van der Waals surface area contributed by atoms with E-state index in [1.807, 2.05) is 13.0 Å². The van der Waals surface area contributed by atoms with Gasteiger partial charge in [-0.2, -0.15) is 4.31 Å². The van der Waals surface area contributed by atoms with E-state index in [1.165, 1.54) is 27.5 Å². The van der Waals surface area contributed by atoms with Gasteiger partial charge in [-0.1, -0.05) is 18.2 Å². The number of sulfone groups is 1. The number of hydrogen-bond donors (Lipinski definition) is 1. The van der Waals surface area contributed by atoms with Gasteiger partial charge in [0.15, 0.2) is 9.84 Å². The SMILES string of the molecule is CCn1cc(S(=O)(=O)N2CCC3(CC2)C[C@H](N(C[C@@H](O)COc2cccc(S(C)(=O)=O)c2)C(=O)OC(C)(C)C)CO3)c(=O)c2ccccc21. The standard InChI is InChI=1S/C34H45N3O10S2/c1-6-35-21-30(31(39)28-12-7-8-13-29(28)35)49(43,44)36-16-14-34(15-17-36)19-24(22-46-34)37(32(40)47-33(2,3)4)20-25(38)23-45-26-10-9-11-27(18-26)48(5,41)42/h7-13,18,21,24-25,38H,6,14-17,19-20,22-23H2,1-5H3/t24-,25+/m0/s1. The van der Waals surface area contributed by atoms with Gasteiger partial charge >= 0.3 is 6.09 Å². The highest BCUT2D eigenvalue weighted by molar-refractivity contribution is 7.90. The summed E-state index contributed by atoms with van der Waals surface area (Å²) in [5, 5.41) is 11.3. The summed E-state index contributed by atoms with van der Waals surface area (Å²) in [6.07, 6.45) is 1.82. The molecule has 1 N–H and O–H groups in total. The molecular formula is C34H45N3O10S2. The third kappa shape index (κ3) is 8.28. The van der Waals surface area contributed by atoms with Crippen molar-refractivity contribution in [1.82, 2.24) is 13.8 Å². The number of hydrogen-bond acceptors (Lipinski definition) is 10. The summed E-state index contributed by atoms with van der Waals surface area (Å²) in [4.78, 5) is 28.0. The van der Waals surface area contributed by atoms with Gasteiger partial charge in [-0.3, -0.25) is 4.79 Å². The van der Waals surface area contributed by atoms with Crippen molar-refractivity contribution in [2.45, 2.75) is 86.6 Å². The molecule has 2 aromatic carbocycles. The number of aliphatic hydroxyl groups excluding tert-OH is 1. The first-order chi connectivity index (χ1) is 22.9. The minimum absolute atomic E-state index is 0.0810. The monoisotopic (exact) mass is 719 g/mol. The van der Waals surface area contributed by atoms with Crippen LogP contribution in [0.2, 0.25) is 0 Å². The maximum absolute atomic E-state index is 13.8. The smallest absolute Gasteiger partial charge is 0.410 e. The van der Waals surface area contributed by atoms with Crippen LogP contribution in [0.5, 0.6) is 5.75 Å². The largest absolute Gasteiger partial charge is 0.491 e. The molecule has 13 nitrogen and oxygen atoms in total. The lowest BCUT2D eigenvalue weighted by atomic mass is 9.88. The normalized spacial score (nSPS) is 19.2. The Morgan fingerprint density at radius 2 is 1.80 bits per heavy atom. The van der Waals surface area contributed by atoms with Crippen molar-refractivity contribution in [2.75, 3.05) is 39.1 Å². The zero-order valence-corrected chi connectivity index (χ0v) is 30.1. The number of piperidine rings is 1. The Labute approximate surface area is 287 Å². The number of sulfonamides is 1. The van der Waals surface area contributed by atoms with E-state index in [0.717, 1.165) is 6.26 Å². The Morgan fingerprint density at radius 1 is 1.10 bits per heavy atom. The molecule has 2 aliphatic rings. The quantitative estimate of drug-likeness (QED) is 0.329. The van der Waals surface area contributed by atoms with Crippen LogP contribution in [-0.4, -0.2) is 104 Å². The van der Waals surface area contributed by atoms with Gasteiger partial charge in [0, 0.05) is 37.5 Å². The van der Waals surface area contributed by atoms with Crippen LogP contribution in [0.3, 0.4) is 0 Å². The van der Waals surface area contributed by atoms with Gasteiger partial charge < -0.3 is 28.8 Å². The number of aromatic nitrogens is 1. The minimum atomic E-state index is -4.10. The van der Waals surface area contributed by atoms with Crippen LogP contribution in [0.1, 0.15) is 47.0 Å². The van der Waals surface area contributed by atoms with Gasteiger partial charge in [-0.15, -0.1) is 0 Å². The first-order valence-corrected chi connectivity index (χ1v) is 19.6. The lowest BCUT2D eigenvalue weighted by Crippen LogP contribution is -2.50. The Hall–Kier alpha value is -3.50. The Balaban J connectivity index is 1.27. The van der Waals surface area contributed by atoms with Gasteiger partial charge in [-0.05, 0) is 77.3 Å². The van der Waals surface area contributed by atoms with E-state index in [9.17, 15) is 31.5 Å². The number of para-hydroxylation sites is 1. The molecule has 0 bridgehead atoms. The molecule has 2 saturated heterocycles. The molecular weight excluding hydrogens is 675 g/mol. The van der Waals surface area contributed by atoms with Crippen LogP contribution >= 0.6 is 0 Å². The number of benzene rings is 2. The molecule has 268 valence electrons. The number of carbonyl (C=O) groups is 1. The fraction of sp³-hybridized carbons (Fsp3) is 0.529. The fourth-order valence-electron chi connectivity index (χ4n) is 6.37. The van der Waals surface area contributed by atoms with Crippen molar-refractivity contribution in [3.05, 3.63) is 65.0 Å². The Bertz CT molecular complexity index is 1960. The van der Waals surface area contributed by atoms with E-state index < -0.39 is 54.7 Å². The van der Waals surface area contributed by atoms with E-state index in [4.69, 9.17) is 14.2 Å². The zero-order chi connectivity index (χ0) is 35.8. The summed E-state index contributed by atoms with van der Waals surface area (Å²) in [6, 6.07) is 12.4. The number of aryl methyl sites for hydroxylation is 1. The highest BCUT2D eigenvalue weighted by Crippen LogP contribution is 2.39. The van der Waals surface area contributed by atoms with Crippen LogP contribution in [0.15, 0.2) is 69.3 Å². The number of pyridine rings is 1. The predicted octanol–water partition coefficient (Wildman–Crippen LogP) is 3.41. The molecule has 0 radical (unpaired) electrons. The average molecular weight is 720 g/mol. The number of fused-ring (bicyclic) bond motifs is 1. The zero-order valence-electron chi connectivity index (χ0n) is 28.5. The highest BCUT2D eigenvalue weighted by Gasteiger charge is 2.48. The number of ether oxygens (including phenoxy) is 3. The topological polar surface area (TPSA) is 162 Å². The van der Waals surface area contributed by atoms with Crippen molar-refractivity contribution < 1.29 is 40.9 Å². The van der Waals surface area contributed by atoms with E-state index in [-0.39, 0.29) is 48.4 Å². The summed E-state index contributed by atoms with van der Waals surface area (Å²) < 4.78 is 72.2. The van der Waals surface area contributed by atoms with Crippen molar-refractivity contribution >= 4 is 36.9 Å². The first-order valence-electron chi connectivity index (χ1n) is 16.3. The molecule has 1 spiro atoms. The third-order valence-electron chi connectivity index (χ3n) is 8.89. The van der Waals surface area contributed by atoms with E-state index in [0.29, 0.717) is 36.7 Å². The number of rotatable bonds is 10. The molecule has 3 heterocycles. The number of aliphatic hydroxyl groups is 1. The summed E-state index contributed by atoms with van der Waals surface area (Å²) >= 11 is 0. The molecule has 3 aromatic rings. The van der Waals surface area contributed by atoms with Gasteiger partial charge in [-0.25, -0.2) is 21.6 Å². The van der Waals surface area contributed by atoms with E-state index in [2.05, 4.69) is 0 Å². The molecule has 0 aliphatic carbocycles. The molecule has 1 aromatic heterocycles. The fourth-order valence-corrected chi connectivity index (χ4v) is 8.57. The minimum Gasteiger partial charge on any atom is -0.491 e. The Kier molecular flexibility index (Phi) is 10.5. The summed E-state index contributed by atoms with van der Waals surface area (Å²) in [5.74, 6) is 0.257. The van der Waals surface area contributed by atoms with Crippen molar-refractivity contribution in [2.24, 2.45) is 0 Å². The maximum atomic E-state index is 13.8. The molecule has 15 heteroatoms. The van der Waals surface area contributed by atoms with Gasteiger partial charge in [0.2, 0.25) is 15.5 Å². The lowest BCUT2D eigenvalue weighted by Gasteiger charge is -2.38. The number of carbonyl (C=O) groups excluding carboxylic acids is 1. The van der Waals surface area contributed by atoms with Crippen LogP contribution in [0.25, 0.3) is 10.9 Å². The van der Waals surface area contributed by atoms with Crippen LogP contribution < -0.4 is 10.2 Å². The average Bonchev–Trinajstić information content (AvgIpc) is 3.44. The molecule has 1 amide bonds. The second-order valence-corrected chi connectivity index (χ2v) is 17.6. The van der Waals surface area contributed by atoms with Crippen molar-refractivity contribution in [3.63, 3.8) is 0 Å². The Morgan fingerprint density at radius 3 is 2.45 bits per heavy atom. The molecule has 2 atom stereocenters. The van der Waals surface area contributed by atoms with Gasteiger partial charge in [0.05, 0.1) is 35.2 Å². The molecule has 0 unspecified atom stereocenters. The summed E-state index contributed by atoms with van der Waals surface area (Å²) in [7, 11) is -7.56. The number of nitrogens with zero attached hydrogens (tertiary/aromatic N) is 3. The first kappa shape index (κ1) is 36.8. The van der Waals surface area contributed by atoms with Crippen molar-refractivity contribution in [3.8, 4) is 5.75 Å². The second kappa shape index (κ2) is 14.0. The van der Waals surface area contributed by atoms with Crippen molar-refractivity contribution in [1.29, 1.82) is 0 Å². The molecule has 2 fully saturated rings. The van der Waals surface area contributed by atoms with Crippen LogP contribution in [0.4, 0.5) is 4.79 Å². The third-order valence-corrected chi connectivity index (χ3v) is 11.9. The molecule has 49 heavy (non-hydrogen) atoms. The van der Waals surface area contributed by atoms with Crippen LogP contribution in [0, 0.1) is 0 Å². The summed E-state index contributed by atoms with van der Waals surface area (Å²) in [5.41, 5.74) is -1.38. The molecule has 5 rings (SSSR count).